The van der Waals surface area contributed by atoms with Gasteiger partial charge in [-0.25, -0.2) is 9.78 Å². The Labute approximate surface area is 145 Å². The van der Waals surface area contributed by atoms with Gasteiger partial charge in [-0.3, -0.25) is 0 Å². The molecule has 2 aliphatic heterocycles. The molecule has 0 saturated carbocycles. The van der Waals surface area contributed by atoms with Crippen LogP contribution in [-0.4, -0.2) is 39.7 Å². The summed E-state index contributed by atoms with van der Waals surface area (Å²) in [5.74, 6) is 0.748. The van der Waals surface area contributed by atoms with Crippen molar-refractivity contribution in [2.24, 2.45) is 0 Å². The highest BCUT2D eigenvalue weighted by molar-refractivity contribution is 6.31. The number of hydrogen-bond donors (Lipinski definition) is 1. The standard InChI is InChI=1S/C17H19ClN4O2/c18-13-8-12-3-7-24-16(12)15(9-13)20-17(23)22-5-1-2-14(22)10-21-6-4-19-11-21/h4,6,8-9,11,14H,1-3,5,7,10H2,(H,20,23)/t14-/m0/s1. The Morgan fingerprint density at radius 1 is 1.46 bits per heavy atom. The number of urea groups is 1. The van der Waals surface area contributed by atoms with Crippen LogP contribution in [0.2, 0.25) is 5.02 Å². The number of imidazole rings is 1. The minimum absolute atomic E-state index is 0.0995. The molecule has 1 aromatic heterocycles. The van der Waals surface area contributed by atoms with Crippen molar-refractivity contribution in [1.29, 1.82) is 0 Å². The average molecular weight is 347 g/mol. The number of fused-ring (bicyclic) bond motifs is 1. The Morgan fingerprint density at radius 3 is 3.21 bits per heavy atom. The number of nitrogens with zero attached hydrogens (tertiary/aromatic N) is 3. The molecule has 1 fully saturated rings. The molecule has 1 aromatic carbocycles. The quantitative estimate of drug-likeness (QED) is 0.928. The highest BCUT2D eigenvalue weighted by Gasteiger charge is 2.30. The average Bonchev–Trinajstić information content (AvgIpc) is 3.27. The Bertz CT molecular complexity index is 747. The van der Waals surface area contributed by atoms with E-state index in [1.54, 1.807) is 18.6 Å². The lowest BCUT2D eigenvalue weighted by molar-refractivity contribution is 0.201. The van der Waals surface area contributed by atoms with Crippen LogP contribution in [0.1, 0.15) is 18.4 Å². The summed E-state index contributed by atoms with van der Waals surface area (Å²) in [7, 11) is 0. The molecule has 0 unspecified atom stereocenters. The molecule has 1 N–H and O–H groups in total. The van der Waals surface area contributed by atoms with Crippen molar-refractivity contribution in [3.63, 3.8) is 0 Å². The zero-order chi connectivity index (χ0) is 16.5. The fraction of sp³-hybridized carbons (Fsp3) is 0.412. The molecule has 2 aromatic rings. The lowest BCUT2D eigenvalue weighted by Gasteiger charge is -2.25. The molecule has 4 rings (SSSR count). The molecule has 6 nitrogen and oxygen atoms in total. The van der Waals surface area contributed by atoms with Gasteiger partial charge in [0, 0.05) is 42.5 Å². The molecule has 1 saturated heterocycles. The van der Waals surface area contributed by atoms with Crippen LogP contribution in [0.5, 0.6) is 5.75 Å². The van der Waals surface area contributed by atoms with Gasteiger partial charge in [0.2, 0.25) is 0 Å². The smallest absolute Gasteiger partial charge is 0.322 e. The number of hydrogen-bond acceptors (Lipinski definition) is 3. The second-order valence-electron chi connectivity index (χ2n) is 6.22. The fourth-order valence-electron chi connectivity index (χ4n) is 3.48. The first-order chi connectivity index (χ1) is 11.7. The van der Waals surface area contributed by atoms with E-state index in [4.69, 9.17) is 16.3 Å². The topological polar surface area (TPSA) is 59.4 Å². The van der Waals surface area contributed by atoms with Gasteiger partial charge in [-0.15, -0.1) is 0 Å². The van der Waals surface area contributed by atoms with Gasteiger partial charge in [0.25, 0.3) is 0 Å². The van der Waals surface area contributed by atoms with Crippen LogP contribution in [-0.2, 0) is 13.0 Å². The summed E-state index contributed by atoms with van der Waals surface area (Å²) in [4.78, 5) is 18.7. The van der Waals surface area contributed by atoms with Gasteiger partial charge in [0.15, 0.2) is 0 Å². The molecular weight excluding hydrogens is 328 g/mol. The highest BCUT2D eigenvalue weighted by atomic mass is 35.5. The van der Waals surface area contributed by atoms with E-state index in [-0.39, 0.29) is 12.1 Å². The van der Waals surface area contributed by atoms with Crippen LogP contribution in [0.15, 0.2) is 30.9 Å². The van der Waals surface area contributed by atoms with Crippen LogP contribution in [0.3, 0.4) is 0 Å². The van der Waals surface area contributed by atoms with Gasteiger partial charge >= 0.3 is 6.03 Å². The molecular formula is C17H19ClN4O2. The molecule has 24 heavy (non-hydrogen) atoms. The minimum atomic E-state index is -0.0995. The Morgan fingerprint density at radius 2 is 2.38 bits per heavy atom. The normalized spacial score (nSPS) is 19.2. The van der Waals surface area contributed by atoms with E-state index >= 15 is 0 Å². The number of aromatic nitrogens is 2. The van der Waals surface area contributed by atoms with Gasteiger partial charge in [-0.1, -0.05) is 11.6 Å². The van der Waals surface area contributed by atoms with Crippen LogP contribution in [0.25, 0.3) is 0 Å². The van der Waals surface area contributed by atoms with Crippen molar-refractivity contribution in [3.05, 3.63) is 41.4 Å². The van der Waals surface area contributed by atoms with Gasteiger partial charge in [0.1, 0.15) is 5.75 Å². The van der Waals surface area contributed by atoms with Crippen molar-refractivity contribution in [2.45, 2.75) is 31.8 Å². The molecule has 126 valence electrons. The number of nitrogens with one attached hydrogen (secondary N) is 1. The van der Waals surface area contributed by atoms with Gasteiger partial charge in [-0.2, -0.15) is 0 Å². The van der Waals surface area contributed by atoms with Gasteiger partial charge < -0.3 is 19.5 Å². The van der Waals surface area contributed by atoms with E-state index in [1.807, 2.05) is 21.7 Å². The molecule has 7 heteroatoms. The van der Waals surface area contributed by atoms with E-state index in [1.165, 1.54) is 0 Å². The van der Waals surface area contributed by atoms with Crippen LogP contribution < -0.4 is 10.1 Å². The lowest BCUT2D eigenvalue weighted by atomic mass is 10.1. The number of carbonyl (C=O) groups excluding carboxylic acids is 1. The third kappa shape index (κ3) is 2.94. The fourth-order valence-corrected chi connectivity index (χ4v) is 3.72. The summed E-state index contributed by atoms with van der Waals surface area (Å²) in [6.07, 6.45) is 8.29. The summed E-state index contributed by atoms with van der Waals surface area (Å²) in [5.41, 5.74) is 1.71. The van der Waals surface area contributed by atoms with Gasteiger partial charge in [0.05, 0.1) is 24.7 Å². The zero-order valence-corrected chi connectivity index (χ0v) is 14.0. The largest absolute Gasteiger partial charge is 0.491 e. The van der Waals surface area contributed by atoms with Gasteiger partial charge in [-0.05, 0) is 25.0 Å². The molecule has 0 bridgehead atoms. The zero-order valence-electron chi connectivity index (χ0n) is 13.2. The number of anilines is 1. The molecule has 0 radical (unpaired) electrons. The number of halogens is 1. The first kappa shape index (κ1) is 15.3. The summed E-state index contributed by atoms with van der Waals surface area (Å²) in [6.45, 7) is 2.15. The van der Waals surface area contributed by atoms with Crippen LogP contribution >= 0.6 is 11.6 Å². The second kappa shape index (κ2) is 6.36. The predicted octanol–water partition coefficient (Wildman–Crippen LogP) is 3.17. The molecule has 2 amide bonds. The number of carbonyl (C=O) groups is 1. The Balaban J connectivity index is 1.50. The lowest BCUT2D eigenvalue weighted by Crippen LogP contribution is -2.40. The van der Waals surface area contributed by atoms with Crippen molar-refractivity contribution >= 4 is 23.3 Å². The third-order valence-corrected chi connectivity index (χ3v) is 4.83. The van der Waals surface area contributed by atoms with E-state index in [2.05, 4.69) is 10.3 Å². The highest BCUT2D eigenvalue weighted by Crippen LogP contribution is 2.37. The molecule has 1 atom stereocenters. The second-order valence-corrected chi connectivity index (χ2v) is 6.66. The number of ether oxygens (including phenoxy) is 1. The first-order valence-electron chi connectivity index (χ1n) is 8.19. The third-order valence-electron chi connectivity index (χ3n) is 4.61. The number of benzene rings is 1. The number of likely N-dealkylation sites (tertiary alicyclic amines) is 1. The summed E-state index contributed by atoms with van der Waals surface area (Å²) in [5, 5.41) is 3.60. The maximum atomic E-state index is 12.8. The van der Waals surface area contributed by atoms with Crippen molar-refractivity contribution < 1.29 is 9.53 Å². The van der Waals surface area contributed by atoms with E-state index in [0.717, 1.165) is 43.7 Å². The van der Waals surface area contributed by atoms with Crippen molar-refractivity contribution in [3.8, 4) is 5.75 Å². The maximum absolute atomic E-state index is 12.8. The molecule has 3 heterocycles. The van der Waals surface area contributed by atoms with Crippen molar-refractivity contribution in [1.82, 2.24) is 14.5 Å². The molecule has 0 aliphatic carbocycles. The summed E-state index contributed by atoms with van der Waals surface area (Å²) < 4.78 is 7.67. The first-order valence-corrected chi connectivity index (χ1v) is 8.57. The summed E-state index contributed by atoms with van der Waals surface area (Å²) >= 11 is 6.16. The maximum Gasteiger partial charge on any atom is 0.322 e. The minimum Gasteiger partial charge on any atom is -0.491 e. The molecule has 2 aliphatic rings. The number of rotatable bonds is 3. The summed E-state index contributed by atoms with van der Waals surface area (Å²) in [6, 6.07) is 3.73. The van der Waals surface area contributed by atoms with Crippen LogP contribution in [0, 0.1) is 0 Å². The monoisotopic (exact) mass is 346 g/mol. The van der Waals surface area contributed by atoms with E-state index in [9.17, 15) is 4.79 Å². The number of amides is 2. The molecule has 0 spiro atoms. The SMILES string of the molecule is O=C(Nc1cc(Cl)cc2c1OCC2)N1CCC[C@H]1Cn1ccnc1. The van der Waals surface area contributed by atoms with E-state index in [0.29, 0.717) is 17.3 Å². The van der Waals surface area contributed by atoms with Crippen LogP contribution in [0.4, 0.5) is 10.5 Å². The Hall–Kier alpha value is -2.21. The Kier molecular flexibility index (Phi) is 4.06. The van der Waals surface area contributed by atoms with E-state index < -0.39 is 0 Å². The predicted molar refractivity (Wildman–Crippen MR) is 91.6 cm³/mol. The van der Waals surface area contributed by atoms with Crippen molar-refractivity contribution in [2.75, 3.05) is 18.5 Å².